The highest BCUT2D eigenvalue weighted by Gasteiger charge is 2.32. The first-order valence-electron chi connectivity index (χ1n) is 11.2. The van der Waals surface area contributed by atoms with Crippen molar-refractivity contribution in [1.82, 2.24) is 9.47 Å². The second-order valence-electron chi connectivity index (χ2n) is 8.38. The van der Waals surface area contributed by atoms with Crippen LogP contribution in [-0.4, -0.2) is 26.3 Å². The van der Waals surface area contributed by atoms with Crippen LogP contribution in [0.4, 0.5) is 0 Å². The van der Waals surface area contributed by atoms with E-state index in [0.29, 0.717) is 34.7 Å². The molecule has 3 heterocycles. The first-order chi connectivity index (χ1) is 16.9. The lowest BCUT2D eigenvalue weighted by atomic mass is 10.1. The summed E-state index contributed by atoms with van der Waals surface area (Å²) in [5.74, 6) is 1.46. The van der Waals surface area contributed by atoms with Crippen molar-refractivity contribution in [3.8, 4) is 5.75 Å². The minimum absolute atomic E-state index is 0.106. The molecule has 0 atom stereocenters. The van der Waals surface area contributed by atoms with Crippen molar-refractivity contribution in [3.63, 3.8) is 0 Å². The van der Waals surface area contributed by atoms with Gasteiger partial charge in [0.2, 0.25) is 0 Å². The second-order valence-corrected chi connectivity index (χ2v) is 11.0. The Balaban J connectivity index is 1.38. The van der Waals surface area contributed by atoms with Crippen LogP contribution < -0.4 is 4.74 Å². The lowest BCUT2D eigenvalue weighted by Crippen LogP contribution is -2.27. The lowest BCUT2D eigenvalue weighted by molar-refractivity contribution is -0.122. The molecule has 1 aliphatic rings. The van der Waals surface area contributed by atoms with Gasteiger partial charge < -0.3 is 13.7 Å². The Labute approximate surface area is 221 Å². The molecule has 35 heavy (non-hydrogen) atoms. The Bertz CT molecular complexity index is 1460. The Kier molecular flexibility index (Phi) is 6.86. The van der Waals surface area contributed by atoms with E-state index in [0.717, 1.165) is 26.7 Å². The van der Waals surface area contributed by atoms with Gasteiger partial charge in [-0.3, -0.25) is 9.69 Å². The fourth-order valence-corrected chi connectivity index (χ4v) is 5.61. The van der Waals surface area contributed by atoms with Crippen LogP contribution in [0.3, 0.4) is 0 Å². The number of hydrogen-bond donors (Lipinski definition) is 0. The predicted octanol–water partition coefficient (Wildman–Crippen LogP) is 7.09. The van der Waals surface area contributed by atoms with Gasteiger partial charge in [0.25, 0.3) is 5.91 Å². The molecule has 1 fully saturated rings. The van der Waals surface area contributed by atoms with Crippen molar-refractivity contribution < 1.29 is 13.9 Å². The Morgan fingerprint density at radius 3 is 2.77 bits per heavy atom. The highest BCUT2D eigenvalue weighted by Crippen LogP contribution is 2.36. The summed E-state index contributed by atoms with van der Waals surface area (Å²) >= 11 is 10.4. The molecule has 0 saturated carbocycles. The van der Waals surface area contributed by atoms with Crippen molar-refractivity contribution in [3.05, 3.63) is 92.8 Å². The van der Waals surface area contributed by atoms with Crippen molar-refractivity contribution in [2.45, 2.75) is 26.9 Å². The minimum atomic E-state index is -0.106. The van der Waals surface area contributed by atoms with E-state index in [4.69, 9.17) is 21.4 Å². The number of amides is 1. The quantitative estimate of drug-likeness (QED) is 0.176. The Morgan fingerprint density at radius 2 is 2.00 bits per heavy atom. The summed E-state index contributed by atoms with van der Waals surface area (Å²) in [5, 5.41) is 1.06. The average molecular weight is 568 g/mol. The molecule has 0 radical (unpaired) electrons. The molecule has 0 N–H and O–H groups in total. The minimum Gasteiger partial charge on any atom is -0.492 e. The number of ether oxygens (including phenoxy) is 1. The van der Waals surface area contributed by atoms with Crippen LogP contribution in [0.5, 0.6) is 5.75 Å². The van der Waals surface area contributed by atoms with Crippen LogP contribution in [0.15, 0.2) is 74.8 Å². The van der Waals surface area contributed by atoms with Crippen LogP contribution in [0.25, 0.3) is 17.0 Å². The molecule has 1 amide bonds. The zero-order chi connectivity index (χ0) is 24.5. The van der Waals surface area contributed by atoms with Gasteiger partial charge in [-0.15, -0.1) is 0 Å². The number of aryl methyl sites for hydroxylation is 2. The summed E-state index contributed by atoms with van der Waals surface area (Å²) in [6.45, 7) is 5.72. The molecule has 5 rings (SSSR count). The topological polar surface area (TPSA) is 47.6 Å². The number of thioether (sulfide) groups is 1. The number of halogens is 1. The van der Waals surface area contributed by atoms with Gasteiger partial charge in [0.05, 0.1) is 24.3 Å². The van der Waals surface area contributed by atoms with Gasteiger partial charge in [0, 0.05) is 27.1 Å². The number of carbonyl (C=O) groups is 1. The average Bonchev–Trinajstić information content (AvgIpc) is 3.53. The number of furan rings is 1. The van der Waals surface area contributed by atoms with Gasteiger partial charge in [-0.1, -0.05) is 46.0 Å². The lowest BCUT2D eigenvalue weighted by Gasteiger charge is -2.11. The Hall–Kier alpha value is -2.81. The Morgan fingerprint density at radius 1 is 1.14 bits per heavy atom. The van der Waals surface area contributed by atoms with Gasteiger partial charge in [-0.25, -0.2) is 0 Å². The zero-order valence-corrected chi connectivity index (χ0v) is 22.5. The monoisotopic (exact) mass is 566 g/mol. The van der Waals surface area contributed by atoms with Gasteiger partial charge in [-0.05, 0) is 73.5 Å². The molecule has 178 valence electrons. The number of rotatable bonds is 7. The van der Waals surface area contributed by atoms with Crippen molar-refractivity contribution in [1.29, 1.82) is 0 Å². The predicted molar refractivity (Wildman–Crippen MR) is 148 cm³/mol. The maximum absolute atomic E-state index is 13.1. The normalized spacial score (nSPS) is 15.1. The van der Waals surface area contributed by atoms with Crippen LogP contribution in [0, 0.1) is 13.8 Å². The molecule has 1 aliphatic heterocycles. The summed E-state index contributed by atoms with van der Waals surface area (Å²) in [6.07, 6.45) is 5.59. The third-order valence-electron chi connectivity index (χ3n) is 6.01. The number of benzene rings is 2. The fraction of sp³-hybridized carbons (Fsp3) is 0.185. The molecule has 2 aromatic carbocycles. The highest BCUT2D eigenvalue weighted by atomic mass is 79.9. The maximum Gasteiger partial charge on any atom is 0.266 e. The molecule has 0 aliphatic carbocycles. The number of nitrogens with zero attached hydrogens (tertiary/aromatic N) is 2. The van der Waals surface area contributed by atoms with Crippen LogP contribution >= 0.6 is 39.9 Å². The maximum atomic E-state index is 13.1. The third-order valence-corrected chi connectivity index (χ3v) is 7.88. The summed E-state index contributed by atoms with van der Waals surface area (Å²) in [7, 11) is 0. The standard InChI is InChI=1S/C27H23BrN2O3S2/c1-17-5-7-21(12-18(17)2)33-11-9-29-15-19(23-14-20(28)6-8-24(23)29)13-25-26(31)30(27(34)35-25)16-22-4-3-10-32-22/h3-8,10,12-15H,9,11,16H2,1-2H3/b25-13-. The molecule has 0 unspecified atom stereocenters. The van der Waals surface area contributed by atoms with Gasteiger partial charge in [0.1, 0.15) is 22.4 Å². The number of thiocarbonyl (C=S) groups is 1. The van der Waals surface area contributed by atoms with Crippen molar-refractivity contribution >= 4 is 67.1 Å². The largest absolute Gasteiger partial charge is 0.492 e. The molecule has 8 heteroatoms. The zero-order valence-electron chi connectivity index (χ0n) is 19.3. The molecule has 1 saturated heterocycles. The molecule has 4 aromatic rings. The smallest absolute Gasteiger partial charge is 0.266 e. The van der Waals surface area contributed by atoms with Crippen molar-refractivity contribution in [2.75, 3.05) is 6.61 Å². The van der Waals surface area contributed by atoms with Gasteiger partial charge in [0.15, 0.2) is 0 Å². The van der Waals surface area contributed by atoms with E-state index < -0.39 is 0 Å². The van der Waals surface area contributed by atoms with E-state index in [1.54, 1.807) is 17.2 Å². The first-order valence-corrected chi connectivity index (χ1v) is 13.2. The number of aromatic nitrogens is 1. The molecule has 2 aromatic heterocycles. The van der Waals surface area contributed by atoms with E-state index in [9.17, 15) is 4.79 Å². The molecule has 0 spiro atoms. The summed E-state index contributed by atoms with van der Waals surface area (Å²) < 4.78 is 15.1. The van der Waals surface area contributed by atoms with Crippen molar-refractivity contribution in [2.24, 2.45) is 0 Å². The molecule has 5 nitrogen and oxygen atoms in total. The molecular formula is C27H23BrN2O3S2. The van der Waals surface area contributed by atoms with E-state index in [1.807, 2.05) is 24.3 Å². The molecular weight excluding hydrogens is 544 g/mol. The number of carbonyl (C=O) groups excluding carboxylic acids is 1. The van der Waals surface area contributed by atoms with E-state index in [-0.39, 0.29) is 5.91 Å². The molecule has 0 bridgehead atoms. The van der Waals surface area contributed by atoms with E-state index >= 15 is 0 Å². The number of fused-ring (bicyclic) bond motifs is 1. The van der Waals surface area contributed by atoms with Crippen LogP contribution in [-0.2, 0) is 17.9 Å². The first kappa shape index (κ1) is 23.9. The van der Waals surface area contributed by atoms with Crippen LogP contribution in [0.1, 0.15) is 22.5 Å². The summed E-state index contributed by atoms with van der Waals surface area (Å²) in [6, 6.07) is 16.0. The van der Waals surface area contributed by atoms with Gasteiger partial charge in [-0.2, -0.15) is 0 Å². The fourth-order valence-electron chi connectivity index (χ4n) is 4.00. The van der Waals surface area contributed by atoms with E-state index in [1.165, 1.54) is 22.9 Å². The van der Waals surface area contributed by atoms with Gasteiger partial charge >= 0.3 is 0 Å². The number of hydrogen-bond acceptors (Lipinski definition) is 5. The highest BCUT2D eigenvalue weighted by molar-refractivity contribution is 9.10. The summed E-state index contributed by atoms with van der Waals surface area (Å²) in [5.41, 5.74) is 4.50. The SMILES string of the molecule is Cc1ccc(OCCn2cc(/C=C3\SC(=S)N(Cc4ccco4)C3=O)c3cc(Br)ccc32)cc1C. The van der Waals surface area contributed by atoms with E-state index in [2.05, 4.69) is 64.8 Å². The third kappa shape index (κ3) is 5.10. The summed E-state index contributed by atoms with van der Waals surface area (Å²) in [4.78, 5) is 15.3. The second kappa shape index (κ2) is 10.0. The van der Waals surface area contributed by atoms with Crippen LogP contribution in [0.2, 0.25) is 0 Å².